The Morgan fingerprint density at radius 1 is 1.28 bits per heavy atom. The molecule has 164 valence electrons. The molecule has 1 aliphatic carbocycles. The molecular weight excluding hydrogens is 368 g/mol. The van der Waals surface area contributed by atoms with Crippen LogP contribution in [0.25, 0.3) is 0 Å². The number of hydrogen-bond donors (Lipinski definition) is 1. The molecule has 0 spiro atoms. The second-order valence-corrected chi connectivity index (χ2v) is 8.92. The summed E-state index contributed by atoms with van der Waals surface area (Å²) in [5, 5.41) is 8.48. The quantitative estimate of drug-likeness (QED) is 0.637. The van der Waals surface area contributed by atoms with E-state index < -0.39 is 0 Å². The van der Waals surface area contributed by atoms with Crippen molar-refractivity contribution in [2.75, 3.05) is 39.5 Å². The SMILES string of the molecule is CC(C)Cn1nc(C(=O)N2CCOCC2)c2c1CC[C@@H](NCCCOC(C)C)C2. The van der Waals surface area contributed by atoms with Crippen LogP contribution in [0.2, 0.25) is 0 Å². The second-order valence-electron chi connectivity index (χ2n) is 8.92. The number of fused-ring (bicyclic) bond motifs is 1. The lowest BCUT2D eigenvalue weighted by Gasteiger charge is -2.28. The molecule has 2 aliphatic rings. The van der Waals surface area contributed by atoms with Crippen LogP contribution in [0.5, 0.6) is 0 Å². The first-order chi connectivity index (χ1) is 14.0. The van der Waals surface area contributed by atoms with E-state index in [0.29, 0.717) is 44.0 Å². The molecule has 3 rings (SSSR count). The van der Waals surface area contributed by atoms with Gasteiger partial charge in [-0.05, 0) is 52.0 Å². The van der Waals surface area contributed by atoms with Gasteiger partial charge in [-0.15, -0.1) is 0 Å². The Hall–Kier alpha value is -1.44. The van der Waals surface area contributed by atoms with Gasteiger partial charge >= 0.3 is 0 Å². The molecular formula is C22H38N4O3. The zero-order valence-corrected chi connectivity index (χ0v) is 18.6. The van der Waals surface area contributed by atoms with E-state index in [-0.39, 0.29) is 12.0 Å². The minimum Gasteiger partial charge on any atom is -0.379 e. The molecule has 0 aromatic carbocycles. The Labute approximate surface area is 175 Å². The molecule has 1 amide bonds. The van der Waals surface area contributed by atoms with E-state index in [4.69, 9.17) is 14.6 Å². The number of carbonyl (C=O) groups is 1. The van der Waals surface area contributed by atoms with Gasteiger partial charge in [-0.2, -0.15) is 5.10 Å². The molecule has 0 radical (unpaired) electrons. The van der Waals surface area contributed by atoms with Crippen molar-refractivity contribution in [3.05, 3.63) is 17.0 Å². The van der Waals surface area contributed by atoms with E-state index in [0.717, 1.165) is 50.9 Å². The van der Waals surface area contributed by atoms with Gasteiger partial charge in [0.05, 0.1) is 19.3 Å². The predicted molar refractivity (Wildman–Crippen MR) is 113 cm³/mol. The monoisotopic (exact) mass is 406 g/mol. The molecule has 0 bridgehead atoms. The predicted octanol–water partition coefficient (Wildman–Crippen LogP) is 2.27. The normalized spacial score (nSPS) is 19.8. The number of amides is 1. The Morgan fingerprint density at radius 3 is 2.72 bits per heavy atom. The molecule has 1 aliphatic heterocycles. The van der Waals surface area contributed by atoms with Crippen LogP contribution in [0.4, 0.5) is 0 Å². The lowest BCUT2D eigenvalue weighted by Crippen LogP contribution is -2.42. The molecule has 29 heavy (non-hydrogen) atoms. The average Bonchev–Trinajstić information content (AvgIpc) is 3.04. The molecule has 7 heteroatoms. The standard InChI is InChI=1S/C22H38N4O3/c1-16(2)15-26-20-7-6-18(23-8-5-11-29-17(3)4)14-19(20)21(24-26)22(27)25-9-12-28-13-10-25/h16-18,23H,5-15H2,1-4H3/t18-/m1/s1. The van der Waals surface area contributed by atoms with Gasteiger partial charge in [0.2, 0.25) is 0 Å². The van der Waals surface area contributed by atoms with Gasteiger partial charge in [-0.1, -0.05) is 13.8 Å². The van der Waals surface area contributed by atoms with Gasteiger partial charge in [0.25, 0.3) is 5.91 Å². The topological polar surface area (TPSA) is 68.6 Å². The van der Waals surface area contributed by atoms with Crippen LogP contribution in [0.15, 0.2) is 0 Å². The van der Waals surface area contributed by atoms with Gasteiger partial charge in [-0.3, -0.25) is 9.48 Å². The van der Waals surface area contributed by atoms with Gasteiger partial charge in [0.15, 0.2) is 5.69 Å². The molecule has 1 N–H and O–H groups in total. The number of nitrogens with one attached hydrogen (secondary N) is 1. The summed E-state index contributed by atoms with van der Waals surface area (Å²) in [6.45, 7) is 13.7. The molecule has 1 aromatic heterocycles. The van der Waals surface area contributed by atoms with Crippen molar-refractivity contribution in [3.8, 4) is 0 Å². The molecule has 1 saturated heterocycles. The van der Waals surface area contributed by atoms with Crippen LogP contribution in [-0.2, 0) is 28.9 Å². The van der Waals surface area contributed by atoms with E-state index >= 15 is 0 Å². The number of rotatable bonds is 9. The molecule has 1 atom stereocenters. The van der Waals surface area contributed by atoms with Crippen molar-refractivity contribution in [3.63, 3.8) is 0 Å². The van der Waals surface area contributed by atoms with Crippen LogP contribution in [0.1, 0.15) is 62.3 Å². The minimum absolute atomic E-state index is 0.0676. The summed E-state index contributed by atoms with van der Waals surface area (Å²) >= 11 is 0. The highest BCUT2D eigenvalue weighted by molar-refractivity contribution is 5.94. The Kier molecular flexibility index (Phi) is 8.09. The van der Waals surface area contributed by atoms with Crippen molar-refractivity contribution in [1.29, 1.82) is 0 Å². The van der Waals surface area contributed by atoms with Gasteiger partial charge in [-0.25, -0.2) is 0 Å². The number of morpholine rings is 1. The van der Waals surface area contributed by atoms with Gasteiger partial charge in [0.1, 0.15) is 0 Å². The maximum Gasteiger partial charge on any atom is 0.274 e. The number of carbonyl (C=O) groups excluding carboxylic acids is 1. The van der Waals surface area contributed by atoms with Crippen molar-refractivity contribution < 1.29 is 14.3 Å². The fourth-order valence-electron chi connectivity index (χ4n) is 4.14. The molecule has 0 saturated carbocycles. The number of ether oxygens (including phenoxy) is 2. The van der Waals surface area contributed by atoms with Crippen molar-refractivity contribution in [1.82, 2.24) is 20.0 Å². The first kappa shape index (κ1) is 22.2. The molecule has 7 nitrogen and oxygen atoms in total. The summed E-state index contributed by atoms with van der Waals surface area (Å²) in [6.07, 6.45) is 4.24. The van der Waals surface area contributed by atoms with E-state index in [1.165, 1.54) is 5.69 Å². The van der Waals surface area contributed by atoms with E-state index in [2.05, 4.69) is 37.7 Å². The van der Waals surface area contributed by atoms with Crippen LogP contribution in [0.3, 0.4) is 0 Å². The summed E-state index contributed by atoms with van der Waals surface area (Å²) in [5.41, 5.74) is 3.08. The minimum atomic E-state index is 0.0676. The van der Waals surface area contributed by atoms with Crippen molar-refractivity contribution >= 4 is 5.91 Å². The highest BCUT2D eigenvalue weighted by Crippen LogP contribution is 2.27. The first-order valence-corrected chi connectivity index (χ1v) is 11.3. The Balaban J connectivity index is 1.68. The fraction of sp³-hybridized carbons (Fsp3) is 0.818. The van der Waals surface area contributed by atoms with Crippen molar-refractivity contribution in [2.24, 2.45) is 5.92 Å². The highest BCUT2D eigenvalue weighted by Gasteiger charge is 2.31. The van der Waals surface area contributed by atoms with Crippen molar-refractivity contribution in [2.45, 2.75) is 72.1 Å². The summed E-state index contributed by atoms with van der Waals surface area (Å²) < 4.78 is 13.1. The molecule has 1 fully saturated rings. The summed E-state index contributed by atoms with van der Waals surface area (Å²) in [7, 11) is 0. The highest BCUT2D eigenvalue weighted by atomic mass is 16.5. The lowest BCUT2D eigenvalue weighted by molar-refractivity contribution is 0.0297. The number of nitrogens with zero attached hydrogens (tertiary/aromatic N) is 3. The Bertz CT molecular complexity index is 665. The van der Waals surface area contributed by atoms with Crippen LogP contribution >= 0.6 is 0 Å². The molecule has 2 heterocycles. The molecule has 0 unspecified atom stereocenters. The summed E-state index contributed by atoms with van der Waals surface area (Å²) in [5.74, 6) is 0.570. The zero-order chi connectivity index (χ0) is 20.8. The second kappa shape index (κ2) is 10.5. The fourth-order valence-corrected chi connectivity index (χ4v) is 4.14. The largest absolute Gasteiger partial charge is 0.379 e. The van der Waals surface area contributed by atoms with E-state index in [1.807, 2.05) is 4.90 Å². The van der Waals surface area contributed by atoms with Crippen LogP contribution in [-0.4, -0.2) is 72.2 Å². The maximum absolute atomic E-state index is 13.2. The molecule has 1 aromatic rings. The summed E-state index contributed by atoms with van der Waals surface area (Å²) in [6, 6.07) is 0.398. The lowest BCUT2D eigenvalue weighted by atomic mass is 9.91. The van der Waals surface area contributed by atoms with Gasteiger partial charge < -0.3 is 19.7 Å². The number of aromatic nitrogens is 2. The van der Waals surface area contributed by atoms with Crippen LogP contribution in [0, 0.1) is 5.92 Å². The van der Waals surface area contributed by atoms with E-state index in [9.17, 15) is 4.79 Å². The number of hydrogen-bond acceptors (Lipinski definition) is 5. The summed E-state index contributed by atoms with van der Waals surface area (Å²) in [4.78, 5) is 15.1. The van der Waals surface area contributed by atoms with E-state index in [1.54, 1.807) is 0 Å². The third-order valence-corrected chi connectivity index (χ3v) is 5.59. The van der Waals surface area contributed by atoms with Crippen LogP contribution < -0.4 is 5.32 Å². The average molecular weight is 407 g/mol. The first-order valence-electron chi connectivity index (χ1n) is 11.3. The smallest absolute Gasteiger partial charge is 0.274 e. The third kappa shape index (κ3) is 6.03. The Morgan fingerprint density at radius 2 is 2.03 bits per heavy atom. The van der Waals surface area contributed by atoms with Gasteiger partial charge in [0, 0.05) is 43.5 Å². The third-order valence-electron chi connectivity index (χ3n) is 5.59. The zero-order valence-electron chi connectivity index (χ0n) is 18.6. The maximum atomic E-state index is 13.2.